The minimum Gasteiger partial charge on any atom is -0.364 e. The van der Waals surface area contributed by atoms with Crippen LogP contribution in [0.2, 0.25) is 0 Å². The molecule has 0 unspecified atom stereocenters. The van der Waals surface area contributed by atoms with Gasteiger partial charge in [-0.2, -0.15) is 5.26 Å². The molecule has 5 heterocycles. The van der Waals surface area contributed by atoms with Gasteiger partial charge in [0.2, 0.25) is 5.82 Å². The van der Waals surface area contributed by atoms with E-state index >= 15 is 4.39 Å². The first-order valence-corrected chi connectivity index (χ1v) is 13.6. The molecule has 0 atom stereocenters. The molecule has 206 valence electrons. The summed E-state index contributed by atoms with van der Waals surface area (Å²) in [5.41, 5.74) is 9.64. The number of hydrogen-bond donors (Lipinski definition) is 1. The molecule has 2 saturated heterocycles. The van der Waals surface area contributed by atoms with Crippen molar-refractivity contribution in [3.05, 3.63) is 102 Å². The van der Waals surface area contributed by atoms with E-state index in [1.807, 2.05) is 60.7 Å². The average Bonchev–Trinajstić information content (AvgIpc) is 2.98. The smallest absolute Gasteiger partial charge is 0.270 e. The van der Waals surface area contributed by atoms with E-state index in [1.54, 1.807) is 6.20 Å². The predicted octanol–water partition coefficient (Wildman–Crippen LogP) is 4.19. The topological polar surface area (TPSA) is 125 Å². The maximum atomic E-state index is 15.2. The lowest BCUT2D eigenvalue weighted by molar-refractivity contribution is -0.0276. The number of carbonyl (C=O) groups is 1. The van der Waals surface area contributed by atoms with Crippen molar-refractivity contribution in [3.8, 4) is 28.5 Å². The van der Waals surface area contributed by atoms with Gasteiger partial charge < -0.3 is 10.6 Å². The zero-order valence-corrected chi connectivity index (χ0v) is 22.5. The molecule has 2 N–H and O–H groups in total. The van der Waals surface area contributed by atoms with Crippen molar-refractivity contribution in [2.24, 2.45) is 11.1 Å². The maximum Gasteiger partial charge on any atom is 0.270 e. The van der Waals surface area contributed by atoms with E-state index in [2.05, 4.69) is 36.9 Å². The fourth-order valence-corrected chi connectivity index (χ4v) is 6.08. The number of benzene rings is 2. The number of aromatic nitrogens is 4. The fourth-order valence-electron chi connectivity index (χ4n) is 6.08. The molecule has 3 aromatic heterocycles. The monoisotopic (exact) mass is 556 g/mol. The molecule has 7 rings (SSSR count). The second-order valence-corrected chi connectivity index (χ2v) is 11.0. The molecule has 2 aliphatic rings. The van der Waals surface area contributed by atoms with Crippen LogP contribution in [0.4, 0.5) is 10.2 Å². The average molecular weight is 557 g/mol. The molecule has 0 aliphatic carbocycles. The molecular weight excluding hydrogens is 531 g/mol. The number of primary amides is 1. The Labute approximate surface area is 241 Å². The number of halogens is 1. The number of rotatable bonds is 6. The number of nitrogens with zero attached hydrogens (tertiary/aromatic N) is 7. The standard InChI is InChI=1S/C32H25FN8O/c33-27-29-23(14-37-30(27)31(35)42)12-24(21-4-2-1-3-5-21)28(39-29)22-8-6-20(7-9-22)15-40-16-32(17-40)18-41(19-32)26-10-11-36-25(13-34)38-26/h1-12,14H,15-19H2,(H2,35,42). The van der Waals surface area contributed by atoms with Gasteiger partial charge in [0.1, 0.15) is 17.4 Å². The van der Waals surface area contributed by atoms with Crippen molar-refractivity contribution < 1.29 is 9.18 Å². The second kappa shape index (κ2) is 9.98. The lowest BCUT2D eigenvalue weighted by Crippen LogP contribution is -2.72. The molecule has 1 spiro atoms. The summed E-state index contributed by atoms with van der Waals surface area (Å²) < 4.78 is 15.2. The van der Waals surface area contributed by atoms with Gasteiger partial charge in [-0.15, -0.1) is 0 Å². The van der Waals surface area contributed by atoms with Crippen molar-refractivity contribution in [1.82, 2.24) is 24.8 Å². The Morgan fingerprint density at radius 1 is 0.976 bits per heavy atom. The van der Waals surface area contributed by atoms with Crippen molar-refractivity contribution in [3.63, 3.8) is 0 Å². The number of nitriles is 1. The van der Waals surface area contributed by atoms with Crippen LogP contribution in [0.3, 0.4) is 0 Å². The Bertz CT molecular complexity index is 1870. The quantitative estimate of drug-likeness (QED) is 0.330. The zero-order valence-electron chi connectivity index (χ0n) is 22.5. The number of pyridine rings is 2. The summed E-state index contributed by atoms with van der Waals surface area (Å²) in [6, 6.07) is 23.7. The SMILES string of the molecule is N#Cc1nccc(N2CC3(CN(Cc4ccc(-c5nc6c(F)c(C(N)=O)ncc6cc5-c5ccccc5)cc4)C3)C2)n1. The fraction of sp³-hybridized carbons (Fsp3) is 0.188. The van der Waals surface area contributed by atoms with Gasteiger partial charge in [0.25, 0.3) is 5.91 Å². The number of amides is 1. The largest absolute Gasteiger partial charge is 0.364 e. The highest BCUT2D eigenvalue weighted by atomic mass is 19.1. The van der Waals surface area contributed by atoms with E-state index in [9.17, 15) is 4.79 Å². The highest BCUT2D eigenvalue weighted by Crippen LogP contribution is 2.42. The molecule has 5 aromatic rings. The van der Waals surface area contributed by atoms with E-state index in [1.165, 1.54) is 11.8 Å². The number of anilines is 1. The highest BCUT2D eigenvalue weighted by molar-refractivity contribution is 5.97. The number of hydrogen-bond acceptors (Lipinski definition) is 8. The summed E-state index contributed by atoms with van der Waals surface area (Å²) in [4.78, 5) is 33.2. The lowest BCUT2D eigenvalue weighted by atomic mass is 9.72. The predicted molar refractivity (Wildman–Crippen MR) is 156 cm³/mol. The van der Waals surface area contributed by atoms with Crippen LogP contribution in [0.15, 0.2) is 79.1 Å². The molecule has 1 amide bonds. The van der Waals surface area contributed by atoms with Crippen molar-refractivity contribution >= 4 is 22.6 Å². The number of carbonyl (C=O) groups excluding carboxylic acids is 1. The Hall–Kier alpha value is -5.27. The van der Waals surface area contributed by atoms with Crippen LogP contribution in [0.25, 0.3) is 33.3 Å². The molecular formula is C32H25FN8O. The summed E-state index contributed by atoms with van der Waals surface area (Å²) in [7, 11) is 0. The van der Waals surface area contributed by atoms with Crippen LogP contribution in [0.1, 0.15) is 21.9 Å². The summed E-state index contributed by atoms with van der Waals surface area (Å²) in [6.07, 6.45) is 3.06. The van der Waals surface area contributed by atoms with Gasteiger partial charge in [0, 0.05) is 67.0 Å². The van der Waals surface area contributed by atoms with E-state index in [0.29, 0.717) is 11.1 Å². The van der Waals surface area contributed by atoms with Crippen LogP contribution in [-0.2, 0) is 6.54 Å². The molecule has 2 aliphatic heterocycles. The van der Waals surface area contributed by atoms with Gasteiger partial charge in [0.05, 0.1) is 5.69 Å². The van der Waals surface area contributed by atoms with Crippen LogP contribution in [-0.4, -0.2) is 56.9 Å². The van der Waals surface area contributed by atoms with E-state index < -0.39 is 17.4 Å². The number of nitrogens with two attached hydrogens (primary N) is 1. The summed E-state index contributed by atoms with van der Waals surface area (Å²) in [5, 5.41) is 9.55. The van der Waals surface area contributed by atoms with E-state index in [0.717, 1.165) is 55.2 Å². The number of likely N-dealkylation sites (tertiary alicyclic amines) is 1. The highest BCUT2D eigenvalue weighted by Gasteiger charge is 2.51. The third kappa shape index (κ3) is 4.50. The number of fused-ring (bicyclic) bond motifs is 1. The second-order valence-electron chi connectivity index (χ2n) is 11.0. The Morgan fingerprint density at radius 3 is 2.45 bits per heavy atom. The first kappa shape index (κ1) is 25.7. The van der Waals surface area contributed by atoms with Crippen LogP contribution in [0, 0.1) is 22.6 Å². The molecule has 9 nitrogen and oxygen atoms in total. The summed E-state index contributed by atoms with van der Waals surface area (Å²) >= 11 is 0. The normalized spacial score (nSPS) is 15.7. The molecule has 42 heavy (non-hydrogen) atoms. The molecule has 0 bridgehead atoms. The third-order valence-electron chi connectivity index (χ3n) is 7.99. The molecule has 0 radical (unpaired) electrons. The zero-order chi connectivity index (χ0) is 28.8. The van der Waals surface area contributed by atoms with Gasteiger partial charge in [0.15, 0.2) is 11.5 Å². The Balaban J connectivity index is 1.10. The van der Waals surface area contributed by atoms with Gasteiger partial charge in [-0.05, 0) is 23.3 Å². The van der Waals surface area contributed by atoms with Crippen LogP contribution < -0.4 is 10.6 Å². The van der Waals surface area contributed by atoms with Gasteiger partial charge in [-0.25, -0.2) is 24.3 Å². The van der Waals surface area contributed by atoms with Gasteiger partial charge >= 0.3 is 0 Å². The van der Waals surface area contributed by atoms with E-state index in [4.69, 9.17) is 16.0 Å². The summed E-state index contributed by atoms with van der Waals surface area (Å²) in [6.45, 7) is 4.67. The lowest BCUT2D eigenvalue weighted by Gasteiger charge is -2.60. The minimum absolute atomic E-state index is 0.0591. The van der Waals surface area contributed by atoms with E-state index in [-0.39, 0.29) is 16.8 Å². The molecule has 0 saturated carbocycles. The minimum atomic E-state index is -0.932. The maximum absolute atomic E-state index is 15.2. The third-order valence-corrected chi connectivity index (χ3v) is 7.99. The molecule has 2 fully saturated rings. The molecule has 2 aromatic carbocycles. The van der Waals surface area contributed by atoms with Crippen LogP contribution in [0.5, 0.6) is 0 Å². The van der Waals surface area contributed by atoms with Gasteiger partial charge in [-0.1, -0.05) is 54.6 Å². The first-order chi connectivity index (χ1) is 20.4. The van der Waals surface area contributed by atoms with Crippen LogP contribution >= 0.6 is 0 Å². The van der Waals surface area contributed by atoms with Gasteiger partial charge in [-0.3, -0.25) is 9.69 Å². The summed E-state index contributed by atoms with van der Waals surface area (Å²) in [5.74, 6) is -0.748. The molecule has 10 heteroatoms. The Kier molecular flexibility index (Phi) is 6.10. The van der Waals surface area contributed by atoms with Crippen molar-refractivity contribution in [2.45, 2.75) is 6.54 Å². The first-order valence-electron chi connectivity index (χ1n) is 13.6. The Morgan fingerprint density at radius 2 is 1.74 bits per heavy atom. The van der Waals surface area contributed by atoms with Crippen molar-refractivity contribution in [1.29, 1.82) is 5.26 Å². The van der Waals surface area contributed by atoms with Crippen molar-refractivity contribution in [2.75, 3.05) is 31.1 Å².